The zero-order valence-electron chi connectivity index (χ0n) is 20.1. The molecule has 0 fully saturated rings. The number of carbonyl (C=O) groups excluding carboxylic acids is 2. The van der Waals surface area contributed by atoms with Crippen molar-refractivity contribution in [2.75, 3.05) is 6.26 Å². The Morgan fingerprint density at radius 3 is 2.06 bits per heavy atom. The van der Waals surface area contributed by atoms with E-state index in [-0.39, 0.29) is 11.8 Å². The van der Waals surface area contributed by atoms with Crippen LogP contribution in [0.4, 0.5) is 0 Å². The minimum absolute atomic E-state index is 0.129. The van der Waals surface area contributed by atoms with Crippen molar-refractivity contribution in [1.29, 1.82) is 0 Å². The number of allylic oxidation sites excluding steroid dienone is 1. The molecule has 0 aromatic carbocycles. The van der Waals surface area contributed by atoms with E-state index < -0.39 is 0 Å². The number of fused-ring (bicyclic) bond motifs is 7. The molecule has 2 amide bonds. The van der Waals surface area contributed by atoms with Crippen molar-refractivity contribution in [1.82, 2.24) is 9.80 Å². The fourth-order valence-corrected chi connectivity index (χ4v) is 8.89. The summed E-state index contributed by atoms with van der Waals surface area (Å²) in [4.78, 5) is 37.4. The maximum Gasteiger partial charge on any atom is 0.265 e. The highest BCUT2D eigenvalue weighted by molar-refractivity contribution is 8.07. The van der Waals surface area contributed by atoms with Gasteiger partial charge in [-0.1, -0.05) is 26.0 Å². The first-order valence-corrected chi connectivity index (χ1v) is 15.4. The molecule has 8 heteroatoms. The van der Waals surface area contributed by atoms with Crippen molar-refractivity contribution in [3.8, 4) is 9.75 Å². The predicted octanol–water partition coefficient (Wildman–Crippen LogP) is 8.06. The zero-order valence-corrected chi connectivity index (χ0v) is 23.4. The van der Waals surface area contributed by atoms with Gasteiger partial charge in [0.2, 0.25) is 0 Å². The molecule has 4 nitrogen and oxygen atoms in total. The third kappa shape index (κ3) is 3.18. The summed E-state index contributed by atoms with van der Waals surface area (Å²) in [6, 6.07) is 8.45. The largest absolute Gasteiger partial charge is 0.281 e. The van der Waals surface area contributed by atoms with Crippen molar-refractivity contribution in [3.05, 3.63) is 85.0 Å². The normalized spacial score (nSPS) is 17.3. The summed E-state index contributed by atoms with van der Waals surface area (Å²) in [6.07, 6.45) is 11.7. The van der Waals surface area contributed by atoms with Crippen molar-refractivity contribution in [2.24, 2.45) is 0 Å². The molecule has 36 heavy (non-hydrogen) atoms. The number of hydrogen-bond donors (Lipinski definition) is 0. The van der Waals surface area contributed by atoms with Crippen LogP contribution in [0.5, 0.6) is 0 Å². The molecule has 0 saturated heterocycles. The van der Waals surface area contributed by atoms with Crippen LogP contribution in [0.1, 0.15) is 46.5 Å². The van der Waals surface area contributed by atoms with Gasteiger partial charge >= 0.3 is 0 Å². The van der Waals surface area contributed by atoms with Crippen LogP contribution in [0.3, 0.4) is 0 Å². The molecule has 3 aromatic rings. The molecule has 0 unspecified atom stereocenters. The van der Waals surface area contributed by atoms with Crippen LogP contribution < -0.4 is 0 Å². The highest BCUT2D eigenvalue weighted by Crippen LogP contribution is 2.54. The predicted molar refractivity (Wildman–Crippen MR) is 156 cm³/mol. The van der Waals surface area contributed by atoms with Gasteiger partial charge in [-0.3, -0.25) is 19.4 Å². The van der Waals surface area contributed by atoms with Crippen LogP contribution in [0, 0.1) is 0 Å². The molecule has 3 aromatic heterocycles. The van der Waals surface area contributed by atoms with E-state index in [0.29, 0.717) is 11.1 Å². The third-order valence-corrected chi connectivity index (χ3v) is 10.8. The van der Waals surface area contributed by atoms with Gasteiger partial charge in [0.05, 0.1) is 32.3 Å². The van der Waals surface area contributed by atoms with Gasteiger partial charge in [0.25, 0.3) is 11.8 Å². The maximum absolute atomic E-state index is 13.7. The van der Waals surface area contributed by atoms with Gasteiger partial charge in [0, 0.05) is 31.9 Å². The van der Waals surface area contributed by atoms with E-state index in [0.717, 1.165) is 42.0 Å². The Bertz CT molecular complexity index is 1590. The van der Waals surface area contributed by atoms with Crippen LogP contribution in [0.25, 0.3) is 38.2 Å². The van der Waals surface area contributed by atoms with E-state index in [4.69, 9.17) is 0 Å². The number of amides is 2. The summed E-state index contributed by atoms with van der Waals surface area (Å²) in [7, 11) is 0. The van der Waals surface area contributed by atoms with Gasteiger partial charge in [0.15, 0.2) is 0 Å². The minimum Gasteiger partial charge on any atom is -0.281 e. The molecular formula is C28H22N2O2S4. The van der Waals surface area contributed by atoms with Crippen LogP contribution in [0.15, 0.2) is 59.3 Å². The highest BCUT2D eigenvalue weighted by Gasteiger charge is 2.50. The summed E-state index contributed by atoms with van der Waals surface area (Å²) in [5.41, 5.74) is 4.60. The van der Waals surface area contributed by atoms with E-state index >= 15 is 0 Å². The molecule has 7 rings (SSSR count). The van der Waals surface area contributed by atoms with Crippen molar-refractivity contribution in [3.63, 3.8) is 0 Å². The lowest BCUT2D eigenvalue weighted by Gasteiger charge is -2.24. The summed E-state index contributed by atoms with van der Waals surface area (Å²) < 4.78 is 0. The lowest BCUT2D eigenvalue weighted by molar-refractivity contribution is -0.122. The van der Waals surface area contributed by atoms with Crippen LogP contribution in [-0.2, 0) is 9.59 Å². The van der Waals surface area contributed by atoms with Crippen molar-refractivity contribution >= 4 is 86.0 Å². The number of nitrogens with zero attached hydrogens (tertiary/aromatic N) is 2. The van der Waals surface area contributed by atoms with Crippen molar-refractivity contribution < 1.29 is 9.59 Å². The molecule has 7 heterocycles. The van der Waals surface area contributed by atoms with E-state index in [1.807, 2.05) is 51.4 Å². The van der Waals surface area contributed by atoms with E-state index in [1.54, 1.807) is 55.6 Å². The Hall–Kier alpha value is -2.91. The number of carbonyl (C=O) groups is 2. The van der Waals surface area contributed by atoms with Crippen molar-refractivity contribution in [2.45, 2.75) is 20.8 Å². The van der Waals surface area contributed by atoms with Gasteiger partial charge in [-0.15, -0.1) is 45.8 Å². The topological polar surface area (TPSA) is 40.6 Å². The van der Waals surface area contributed by atoms with Gasteiger partial charge < -0.3 is 0 Å². The first-order chi connectivity index (χ1) is 17.6. The second-order valence-electron chi connectivity index (χ2n) is 8.05. The average molecular weight is 547 g/mol. The second kappa shape index (κ2) is 8.88. The molecule has 0 atom stereocenters. The highest BCUT2D eigenvalue weighted by atomic mass is 32.2. The quantitative estimate of drug-likeness (QED) is 0.334. The number of thiophene rings is 3. The smallest absolute Gasteiger partial charge is 0.265 e. The Morgan fingerprint density at radius 2 is 1.50 bits per heavy atom. The Kier molecular flexibility index (Phi) is 5.80. The molecule has 0 N–H and O–H groups in total. The molecule has 180 valence electrons. The van der Waals surface area contributed by atoms with Gasteiger partial charge in [-0.05, 0) is 60.0 Å². The maximum atomic E-state index is 13.7. The lowest BCUT2D eigenvalue weighted by atomic mass is 10.0. The third-order valence-electron chi connectivity index (χ3n) is 6.32. The second-order valence-corrected chi connectivity index (χ2v) is 12.0. The first kappa shape index (κ1) is 23.5. The number of thioether (sulfide) groups is 1. The minimum atomic E-state index is -0.129. The average Bonchev–Trinajstić information content (AvgIpc) is 3.71. The fraction of sp³-hybridized carbons (Fsp3) is 0.143. The molecule has 0 aliphatic carbocycles. The Labute approximate surface area is 226 Å². The van der Waals surface area contributed by atoms with E-state index in [2.05, 4.69) is 35.9 Å². The fourth-order valence-electron chi connectivity index (χ4n) is 4.83. The van der Waals surface area contributed by atoms with Gasteiger partial charge in [0.1, 0.15) is 0 Å². The van der Waals surface area contributed by atoms with Gasteiger partial charge in [-0.25, -0.2) is 0 Å². The summed E-state index contributed by atoms with van der Waals surface area (Å²) >= 11 is 6.68. The Morgan fingerprint density at radius 1 is 0.889 bits per heavy atom. The Balaban J connectivity index is 0.00000117. The number of rotatable bonds is 3. The standard InChI is InChI=1S/C26H16N2O2S4.C2H6/c1-3-15(31-2)17-11-13-6-8-27-21(23(13)33-17)19-20(26(27)30)22-24-14(7-9-28(22)25(19)29)12-18(34-24)16-5-4-10-32-16;1-2/h3-12H,1-2H3;1-2H3/b15-3-;. The van der Waals surface area contributed by atoms with Gasteiger partial charge in [-0.2, -0.15) is 0 Å². The number of hydrogen-bond acceptors (Lipinski definition) is 6. The molecular weight excluding hydrogens is 525 g/mol. The molecule has 0 spiro atoms. The van der Waals surface area contributed by atoms with Crippen LogP contribution in [-0.4, -0.2) is 27.9 Å². The summed E-state index contributed by atoms with van der Waals surface area (Å²) in [5.74, 6) is -0.257. The van der Waals surface area contributed by atoms with E-state index in [1.165, 1.54) is 9.78 Å². The first-order valence-electron chi connectivity index (χ1n) is 11.7. The molecule has 0 bridgehead atoms. The molecule has 0 radical (unpaired) electrons. The summed E-state index contributed by atoms with van der Waals surface area (Å²) in [6.45, 7) is 6.03. The van der Waals surface area contributed by atoms with Crippen LogP contribution >= 0.6 is 45.8 Å². The monoisotopic (exact) mass is 546 g/mol. The van der Waals surface area contributed by atoms with Crippen LogP contribution in [0.2, 0.25) is 0 Å². The molecule has 4 aliphatic rings. The van der Waals surface area contributed by atoms with E-state index in [9.17, 15) is 9.59 Å². The SMILES string of the molecule is C/C=C(\SC)c1cc2c(s1)C1=C3C(=O)N4C=Cc5cc(-c6cccs6)sc5C4=C3C(=O)N1C=C2.CC. The summed E-state index contributed by atoms with van der Waals surface area (Å²) in [5, 5.41) is 2.06. The zero-order chi connectivity index (χ0) is 25.1. The molecule has 0 saturated carbocycles. The molecule has 4 aliphatic heterocycles. The lowest BCUT2D eigenvalue weighted by Crippen LogP contribution is -2.25.